The van der Waals surface area contributed by atoms with Crippen LogP contribution in [0.2, 0.25) is 0 Å². The summed E-state index contributed by atoms with van der Waals surface area (Å²) in [4.78, 5) is 3.46. The van der Waals surface area contributed by atoms with Crippen LogP contribution in [0.4, 0.5) is 5.69 Å². The summed E-state index contributed by atoms with van der Waals surface area (Å²) in [5, 5.41) is 3.90. The molecule has 1 saturated heterocycles. The Labute approximate surface area is 150 Å². The van der Waals surface area contributed by atoms with E-state index < -0.39 is 9.84 Å². The van der Waals surface area contributed by atoms with Gasteiger partial charge in [-0.05, 0) is 43.3 Å². The molecule has 1 atom stereocenters. The molecule has 7 heteroatoms. The van der Waals surface area contributed by atoms with E-state index in [2.05, 4.69) is 24.3 Å². The van der Waals surface area contributed by atoms with Crippen LogP contribution in [-0.4, -0.2) is 63.2 Å². The van der Waals surface area contributed by atoms with Crippen molar-refractivity contribution in [3.63, 3.8) is 0 Å². The average molecular weight is 371 g/mol. The van der Waals surface area contributed by atoms with Gasteiger partial charge >= 0.3 is 0 Å². The zero-order valence-corrected chi connectivity index (χ0v) is 16.3. The normalized spacial score (nSPS) is 19.4. The number of benzene rings is 1. The molecule has 0 spiro atoms. The van der Waals surface area contributed by atoms with Crippen LogP contribution in [0.25, 0.3) is 0 Å². The maximum absolute atomic E-state index is 11.9. The van der Waals surface area contributed by atoms with Gasteiger partial charge in [0.25, 0.3) is 0 Å². The third-order valence-electron chi connectivity index (χ3n) is 4.26. The van der Waals surface area contributed by atoms with Gasteiger partial charge in [0.2, 0.25) is 0 Å². The molecule has 1 aliphatic heterocycles. The topological polar surface area (TPSA) is 53.9 Å². The van der Waals surface area contributed by atoms with E-state index in [0.717, 1.165) is 30.8 Å². The summed E-state index contributed by atoms with van der Waals surface area (Å²) < 4.78 is 23.7. The number of quaternary nitrogens is 1. The molecule has 1 aromatic carbocycles. The van der Waals surface area contributed by atoms with Crippen LogP contribution in [-0.2, 0) is 9.84 Å². The number of sulfone groups is 1. The molecule has 5 nitrogen and oxygen atoms in total. The Morgan fingerprint density at radius 3 is 2.75 bits per heavy atom. The van der Waals surface area contributed by atoms with Crippen molar-refractivity contribution in [1.29, 1.82) is 0 Å². The Bertz CT molecular complexity index is 674. The Morgan fingerprint density at radius 1 is 1.42 bits per heavy atom. The molecule has 0 aliphatic carbocycles. The summed E-state index contributed by atoms with van der Waals surface area (Å²) in [7, 11) is 1.31. The fourth-order valence-electron chi connectivity index (χ4n) is 2.99. The lowest BCUT2D eigenvalue weighted by atomic mass is 10.2. The SMILES string of the molecule is Cc1cccc(NC(=S)N(CCC[NH+](C)C)[C@@H]2CCS(=O)(=O)C2)c1. The van der Waals surface area contributed by atoms with Gasteiger partial charge in [0, 0.05) is 24.7 Å². The minimum atomic E-state index is -2.93. The second kappa shape index (κ2) is 8.27. The number of thiocarbonyl (C=S) groups is 1. The van der Waals surface area contributed by atoms with Crippen molar-refractivity contribution in [2.24, 2.45) is 0 Å². The third-order valence-corrected chi connectivity index (χ3v) is 6.34. The zero-order valence-electron chi connectivity index (χ0n) is 14.7. The van der Waals surface area contributed by atoms with E-state index in [1.54, 1.807) is 0 Å². The first-order valence-corrected chi connectivity index (χ1v) is 10.6. The van der Waals surface area contributed by atoms with E-state index >= 15 is 0 Å². The van der Waals surface area contributed by atoms with Crippen LogP contribution in [0.3, 0.4) is 0 Å². The number of hydrogen-bond acceptors (Lipinski definition) is 3. The molecular weight excluding hydrogens is 342 g/mol. The summed E-state index contributed by atoms with van der Waals surface area (Å²) in [6, 6.07) is 8.03. The summed E-state index contributed by atoms with van der Waals surface area (Å²) in [5.41, 5.74) is 2.11. The maximum atomic E-state index is 11.9. The maximum Gasteiger partial charge on any atom is 0.173 e. The standard InChI is InChI=1S/C17H27N3O2S2/c1-14-6-4-7-15(12-14)18-17(23)20(10-5-9-19(2)3)16-8-11-24(21,22)13-16/h4,6-7,12,16H,5,8-11,13H2,1-3H3,(H,18,23)/p+1/t16-/m1/s1. The largest absolute Gasteiger partial charge is 0.345 e. The van der Waals surface area contributed by atoms with E-state index in [4.69, 9.17) is 12.2 Å². The molecule has 2 N–H and O–H groups in total. The van der Waals surface area contributed by atoms with Crippen molar-refractivity contribution < 1.29 is 13.3 Å². The Morgan fingerprint density at radius 2 is 2.17 bits per heavy atom. The first-order valence-electron chi connectivity index (χ1n) is 8.40. The second-order valence-corrected chi connectivity index (χ2v) is 9.48. The van der Waals surface area contributed by atoms with Gasteiger partial charge in [-0.2, -0.15) is 0 Å². The van der Waals surface area contributed by atoms with Gasteiger partial charge in [0.05, 0.1) is 32.1 Å². The van der Waals surface area contributed by atoms with Crippen LogP contribution >= 0.6 is 12.2 Å². The minimum absolute atomic E-state index is 0.0167. The quantitative estimate of drug-likeness (QED) is 0.723. The smallest absolute Gasteiger partial charge is 0.173 e. The molecule has 1 fully saturated rings. The monoisotopic (exact) mass is 370 g/mol. The van der Waals surface area contributed by atoms with Gasteiger partial charge in [-0.1, -0.05) is 12.1 Å². The van der Waals surface area contributed by atoms with E-state index in [1.165, 1.54) is 4.90 Å². The molecule has 24 heavy (non-hydrogen) atoms. The Kier molecular flexibility index (Phi) is 6.60. The predicted molar refractivity (Wildman–Crippen MR) is 103 cm³/mol. The van der Waals surface area contributed by atoms with Crippen molar-refractivity contribution in [2.75, 3.05) is 44.0 Å². The summed E-state index contributed by atoms with van der Waals surface area (Å²) >= 11 is 5.60. The van der Waals surface area contributed by atoms with Crippen molar-refractivity contribution >= 4 is 32.9 Å². The number of anilines is 1. The van der Waals surface area contributed by atoms with E-state index in [1.807, 2.05) is 31.2 Å². The average Bonchev–Trinajstić information content (AvgIpc) is 2.83. The van der Waals surface area contributed by atoms with Crippen molar-refractivity contribution in [1.82, 2.24) is 4.90 Å². The third kappa shape index (κ3) is 5.72. The lowest BCUT2D eigenvalue weighted by Crippen LogP contribution is -3.05. The van der Waals surface area contributed by atoms with Crippen molar-refractivity contribution in [2.45, 2.75) is 25.8 Å². The van der Waals surface area contributed by atoms with Crippen LogP contribution in [0.5, 0.6) is 0 Å². The molecule has 0 saturated carbocycles. The predicted octanol–water partition coefficient (Wildman–Crippen LogP) is 0.716. The number of nitrogens with zero attached hydrogens (tertiary/aromatic N) is 1. The van der Waals surface area contributed by atoms with E-state index in [0.29, 0.717) is 11.5 Å². The van der Waals surface area contributed by atoms with Crippen LogP contribution in [0.15, 0.2) is 24.3 Å². The molecule has 0 amide bonds. The molecular formula is C17H28N3O2S2+. The van der Waals surface area contributed by atoms with Gasteiger partial charge in [-0.15, -0.1) is 0 Å². The lowest BCUT2D eigenvalue weighted by Gasteiger charge is -2.31. The fraction of sp³-hybridized carbons (Fsp3) is 0.588. The van der Waals surface area contributed by atoms with Crippen LogP contribution < -0.4 is 10.2 Å². The molecule has 0 radical (unpaired) electrons. The zero-order chi connectivity index (χ0) is 17.7. The minimum Gasteiger partial charge on any atom is -0.345 e. The molecule has 2 rings (SSSR count). The summed E-state index contributed by atoms with van der Waals surface area (Å²) in [5.74, 6) is 0.470. The Balaban J connectivity index is 2.07. The van der Waals surface area contributed by atoms with Gasteiger partial charge < -0.3 is 15.1 Å². The molecule has 1 heterocycles. The number of hydrogen-bond donors (Lipinski definition) is 2. The highest BCUT2D eigenvalue weighted by molar-refractivity contribution is 7.91. The Hall–Kier alpha value is -1.18. The number of nitrogens with one attached hydrogen (secondary N) is 2. The molecule has 134 valence electrons. The van der Waals surface area contributed by atoms with Crippen LogP contribution in [0, 0.1) is 6.92 Å². The van der Waals surface area contributed by atoms with Crippen molar-refractivity contribution in [3.8, 4) is 0 Å². The van der Waals surface area contributed by atoms with E-state index in [-0.39, 0.29) is 17.5 Å². The van der Waals surface area contributed by atoms with Gasteiger partial charge in [-0.3, -0.25) is 0 Å². The first-order chi connectivity index (χ1) is 11.3. The van der Waals surface area contributed by atoms with Crippen molar-refractivity contribution in [3.05, 3.63) is 29.8 Å². The molecule has 0 unspecified atom stereocenters. The lowest BCUT2D eigenvalue weighted by molar-refractivity contribution is -0.858. The summed E-state index contributed by atoms with van der Waals surface area (Å²) in [6.45, 7) is 3.85. The second-order valence-electron chi connectivity index (χ2n) is 6.86. The van der Waals surface area contributed by atoms with Gasteiger partial charge in [0.15, 0.2) is 14.9 Å². The highest BCUT2D eigenvalue weighted by atomic mass is 32.2. The summed E-state index contributed by atoms with van der Waals surface area (Å²) in [6.07, 6.45) is 1.64. The van der Waals surface area contributed by atoms with Crippen LogP contribution in [0.1, 0.15) is 18.4 Å². The molecule has 1 aromatic rings. The van der Waals surface area contributed by atoms with E-state index in [9.17, 15) is 8.42 Å². The van der Waals surface area contributed by atoms with Gasteiger partial charge in [0.1, 0.15) is 0 Å². The number of rotatable bonds is 6. The first kappa shape index (κ1) is 19.1. The number of aryl methyl sites for hydroxylation is 1. The molecule has 1 aliphatic rings. The molecule has 0 bridgehead atoms. The molecule has 0 aromatic heterocycles. The highest BCUT2D eigenvalue weighted by Crippen LogP contribution is 2.20. The fourth-order valence-corrected chi connectivity index (χ4v) is 5.08. The van der Waals surface area contributed by atoms with Gasteiger partial charge in [-0.25, -0.2) is 8.42 Å². The highest BCUT2D eigenvalue weighted by Gasteiger charge is 2.33.